The predicted octanol–water partition coefficient (Wildman–Crippen LogP) is 3.70. The Morgan fingerprint density at radius 3 is 2.36 bits per heavy atom. The molecule has 136 valence electrons. The van der Waals surface area contributed by atoms with Gasteiger partial charge in [0.1, 0.15) is 0 Å². The molecule has 0 aliphatic carbocycles. The number of hydrogen-bond acceptors (Lipinski definition) is 4. The highest BCUT2D eigenvalue weighted by atomic mass is 32.2. The molecule has 3 rings (SSSR count). The molecule has 0 radical (unpaired) electrons. The van der Waals surface area contributed by atoms with E-state index in [2.05, 4.69) is 16.2 Å². The molecule has 1 aliphatic heterocycles. The minimum absolute atomic E-state index is 0.175. The van der Waals surface area contributed by atoms with E-state index < -0.39 is 10.0 Å². The van der Waals surface area contributed by atoms with Crippen LogP contribution in [0.15, 0.2) is 34.5 Å². The summed E-state index contributed by atoms with van der Waals surface area (Å²) in [5.41, 5.74) is 2.49. The minimum Gasteiger partial charge on any atom is -0.381 e. The summed E-state index contributed by atoms with van der Waals surface area (Å²) >= 11 is 1.69. The van der Waals surface area contributed by atoms with E-state index in [4.69, 9.17) is 4.74 Å². The highest BCUT2D eigenvalue weighted by molar-refractivity contribution is 7.89. The molecule has 2 aromatic rings. The first-order chi connectivity index (χ1) is 11.8. The first-order valence-corrected chi connectivity index (χ1v) is 10.9. The van der Waals surface area contributed by atoms with Crippen LogP contribution in [-0.4, -0.2) is 28.2 Å². The Morgan fingerprint density at radius 1 is 1.16 bits per heavy atom. The van der Waals surface area contributed by atoms with Gasteiger partial charge in [0, 0.05) is 30.1 Å². The van der Waals surface area contributed by atoms with Crippen LogP contribution in [0.4, 0.5) is 0 Å². The first kappa shape index (κ1) is 18.6. The van der Waals surface area contributed by atoms with Crippen molar-refractivity contribution in [2.45, 2.75) is 43.9 Å². The lowest BCUT2D eigenvalue weighted by Gasteiger charge is -2.36. The number of thiophene rings is 1. The average Bonchev–Trinajstić information content (AvgIpc) is 3.08. The first-order valence-electron chi connectivity index (χ1n) is 8.53. The number of ether oxygens (including phenoxy) is 1. The maximum absolute atomic E-state index is 13.0. The van der Waals surface area contributed by atoms with Crippen molar-refractivity contribution in [3.8, 4) is 0 Å². The Bertz CT molecular complexity index is 813. The molecule has 0 amide bonds. The van der Waals surface area contributed by atoms with Gasteiger partial charge in [-0.1, -0.05) is 23.8 Å². The van der Waals surface area contributed by atoms with Crippen LogP contribution in [0.3, 0.4) is 0 Å². The molecule has 1 aromatic heterocycles. The molecular weight excluding hydrogens is 354 g/mol. The lowest BCUT2D eigenvalue weighted by molar-refractivity contribution is 0.0529. The van der Waals surface area contributed by atoms with Gasteiger partial charge in [0.25, 0.3) is 0 Å². The van der Waals surface area contributed by atoms with Crippen molar-refractivity contribution in [3.05, 3.63) is 51.2 Å². The fourth-order valence-electron chi connectivity index (χ4n) is 3.75. The molecule has 0 spiro atoms. The average molecular weight is 380 g/mol. The van der Waals surface area contributed by atoms with Crippen molar-refractivity contribution < 1.29 is 13.2 Å². The summed E-state index contributed by atoms with van der Waals surface area (Å²) < 4.78 is 34.4. The second-order valence-corrected chi connectivity index (χ2v) is 9.57. The van der Waals surface area contributed by atoms with E-state index in [1.165, 1.54) is 4.88 Å². The van der Waals surface area contributed by atoms with Gasteiger partial charge >= 0.3 is 0 Å². The zero-order valence-electron chi connectivity index (χ0n) is 15.0. The molecule has 1 saturated heterocycles. The molecule has 1 aliphatic rings. The van der Waals surface area contributed by atoms with Crippen molar-refractivity contribution in [1.82, 2.24) is 4.72 Å². The summed E-state index contributed by atoms with van der Waals surface area (Å²) in [6.07, 6.45) is 1.67. The van der Waals surface area contributed by atoms with Gasteiger partial charge in [0.15, 0.2) is 0 Å². The molecule has 1 fully saturated rings. The SMILES string of the molecule is Cc1cc(C)c(S(=O)(=O)NCC2(c3cccs3)CCOCC2)c(C)c1. The summed E-state index contributed by atoms with van der Waals surface area (Å²) in [6, 6.07) is 7.97. The Kier molecular flexibility index (Phi) is 5.34. The number of sulfonamides is 1. The fraction of sp³-hybridized carbons (Fsp3) is 0.474. The molecule has 1 N–H and O–H groups in total. The predicted molar refractivity (Wildman–Crippen MR) is 102 cm³/mol. The van der Waals surface area contributed by atoms with Gasteiger partial charge in [-0.05, 0) is 56.2 Å². The smallest absolute Gasteiger partial charge is 0.241 e. The monoisotopic (exact) mass is 379 g/mol. The minimum atomic E-state index is -3.55. The van der Waals surface area contributed by atoms with Crippen LogP contribution in [0.1, 0.15) is 34.4 Å². The molecule has 25 heavy (non-hydrogen) atoms. The summed E-state index contributed by atoms with van der Waals surface area (Å²) in [7, 11) is -3.55. The molecule has 4 nitrogen and oxygen atoms in total. The van der Waals surface area contributed by atoms with Gasteiger partial charge in [-0.3, -0.25) is 0 Å². The Morgan fingerprint density at radius 2 is 1.80 bits per heavy atom. The number of aryl methyl sites for hydroxylation is 3. The van der Waals surface area contributed by atoms with Crippen molar-refractivity contribution in [3.63, 3.8) is 0 Å². The molecule has 1 aromatic carbocycles. The molecular formula is C19H25NO3S2. The zero-order valence-corrected chi connectivity index (χ0v) is 16.6. The summed E-state index contributed by atoms with van der Waals surface area (Å²) in [6.45, 7) is 7.45. The Hall–Kier alpha value is -1.21. The van der Waals surface area contributed by atoms with Crippen molar-refractivity contribution >= 4 is 21.4 Å². The molecule has 0 saturated carbocycles. The maximum Gasteiger partial charge on any atom is 0.241 e. The van der Waals surface area contributed by atoms with Crippen LogP contribution in [0, 0.1) is 20.8 Å². The summed E-state index contributed by atoms with van der Waals surface area (Å²) in [5, 5.41) is 2.05. The third-order valence-corrected chi connectivity index (χ3v) is 7.79. The van der Waals surface area contributed by atoms with Crippen LogP contribution in [0.2, 0.25) is 0 Å². The van der Waals surface area contributed by atoms with E-state index in [-0.39, 0.29) is 5.41 Å². The van der Waals surface area contributed by atoms with E-state index in [0.717, 1.165) is 29.5 Å². The third-order valence-electron chi connectivity index (χ3n) is 4.97. The van der Waals surface area contributed by atoms with Gasteiger partial charge < -0.3 is 4.74 Å². The normalized spacial score (nSPS) is 17.6. The number of hydrogen-bond donors (Lipinski definition) is 1. The van der Waals surface area contributed by atoms with Crippen molar-refractivity contribution in [2.75, 3.05) is 19.8 Å². The van der Waals surface area contributed by atoms with Crippen molar-refractivity contribution in [1.29, 1.82) is 0 Å². The van der Waals surface area contributed by atoms with Gasteiger partial charge in [0.05, 0.1) is 4.90 Å². The standard InChI is InChI=1S/C19H25NO3S2/c1-14-11-15(2)18(16(3)12-14)25(21,22)20-13-19(6-8-23-9-7-19)17-5-4-10-24-17/h4-5,10-12,20H,6-9,13H2,1-3H3. The molecule has 0 bridgehead atoms. The second-order valence-electron chi connectivity index (χ2n) is 6.92. The largest absolute Gasteiger partial charge is 0.381 e. The molecule has 2 heterocycles. The molecule has 0 atom stereocenters. The van der Waals surface area contributed by atoms with Gasteiger partial charge in [-0.15, -0.1) is 11.3 Å². The topological polar surface area (TPSA) is 55.4 Å². The Labute approximate surface area is 154 Å². The number of benzene rings is 1. The van der Waals surface area contributed by atoms with Crippen molar-refractivity contribution in [2.24, 2.45) is 0 Å². The summed E-state index contributed by atoms with van der Waals surface area (Å²) in [5.74, 6) is 0. The zero-order chi connectivity index (χ0) is 18.1. The van der Waals surface area contributed by atoms with Crippen LogP contribution in [0.25, 0.3) is 0 Å². The van der Waals surface area contributed by atoms with E-state index in [9.17, 15) is 8.42 Å². The highest BCUT2D eigenvalue weighted by Gasteiger charge is 2.37. The van der Waals surface area contributed by atoms with Gasteiger partial charge in [-0.25, -0.2) is 13.1 Å². The quantitative estimate of drug-likeness (QED) is 0.862. The maximum atomic E-state index is 13.0. The third kappa shape index (κ3) is 3.82. The van der Waals surface area contributed by atoms with E-state index in [0.29, 0.717) is 24.7 Å². The molecule has 0 unspecified atom stereocenters. The van der Waals surface area contributed by atoms with Crippen LogP contribution in [0.5, 0.6) is 0 Å². The van der Waals surface area contributed by atoms with Crippen LogP contribution in [-0.2, 0) is 20.2 Å². The summed E-state index contributed by atoms with van der Waals surface area (Å²) in [4.78, 5) is 1.64. The van der Waals surface area contributed by atoms with Crippen LogP contribution >= 0.6 is 11.3 Å². The lowest BCUT2D eigenvalue weighted by atomic mass is 9.79. The van der Waals surface area contributed by atoms with Gasteiger partial charge in [0.2, 0.25) is 10.0 Å². The number of rotatable bonds is 5. The number of nitrogens with one attached hydrogen (secondary N) is 1. The lowest BCUT2D eigenvalue weighted by Crippen LogP contribution is -2.44. The fourth-order valence-corrected chi connectivity index (χ4v) is 6.31. The van der Waals surface area contributed by atoms with E-state index in [1.807, 2.05) is 39.0 Å². The van der Waals surface area contributed by atoms with Gasteiger partial charge in [-0.2, -0.15) is 0 Å². The second kappa shape index (κ2) is 7.19. The Balaban J connectivity index is 1.88. The molecule has 6 heteroatoms. The van der Waals surface area contributed by atoms with E-state index >= 15 is 0 Å². The van der Waals surface area contributed by atoms with Crippen LogP contribution < -0.4 is 4.72 Å². The van der Waals surface area contributed by atoms with E-state index in [1.54, 1.807) is 11.3 Å². The highest BCUT2D eigenvalue weighted by Crippen LogP contribution is 2.37.